The van der Waals surface area contributed by atoms with Crippen LogP contribution < -0.4 is 4.90 Å². The van der Waals surface area contributed by atoms with Gasteiger partial charge < -0.3 is 14.7 Å². The van der Waals surface area contributed by atoms with Crippen LogP contribution in [0.15, 0.2) is 0 Å². The molecule has 0 saturated carbocycles. The normalized spacial score (nSPS) is 20.2. The van der Waals surface area contributed by atoms with Crippen molar-refractivity contribution in [1.29, 1.82) is 0 Å². The highest BCUT2D eigenvalue weighted by atomic mass is 16.5. The van der Waals surface area contributed by atoms with E-state index in [4.69, 9.17) is 9.84 Å². The van der Waals surface area contributed by atoms with Crippen LogP contribution in [0.4, 0.5) is 5.95 Å². The average Bonchev–Trinajstić information content (AvgIpc) is 2.46. The van der Waals surface area contributed by atoms with Crippen molar-refractivity contribution in [2.75, 3.05) is 31.2 Å². The predicted octanol–water partition coefficient (Wildman–Crippen LogP) is 0.194. The molecule has 0 spiro atoms. The first-order valence-electron chi connectivity index (χ1n) is 6.48. The number of aliphatic hydroxyl groups excluding tert-OH is 1. The SMILES string of the molecule is CCc1nnc(N2CCOC(CO)C2)nc1CC. The highest BCUT2D eigenvalue weighted by Crippen LogP contribution is 2.14. The predicted molar refractivity (Wildman–Crippen MR) is 67.6 cm³/mol. The summed E-state index contributed by atoms with van der Waals surface area (Å²) in [6, 6.07) is 0. The highest BCUT2D eigenvalue weighted by Gasteiger charge is 2.22. The lowest BCUT2D eigenvalue weighted by Crippen LogP contribution is -2.45. The molecule has 1 aliphatic rings. The summed E-state index contributed by atoms with van der Waals surface area (Å²) in [7, 11) is 0. The molecular weight excluding hydrogens is 232 g/mol. The van der Waals surface area contributed by atoms with Gasteiger partial charge in [0.1, 0.15) is 0 Å². The summed E-state index contributed by atoms with van der Waals surface area (Å²) >= 11 is 0. The maximum Gasteiger partial charge on any atom is 0.245 e. The highest BCUT2D eigenvalue weighted by molar-refractivity contribution is 5.31. The van der Waals surface area contributed by atoms with Crippen molar-refractivity contribution in [2.24, 2.45) is 0 Å². The number of hydrogen-bond donors (Lipinski definition) is 1. The van der Waals surface area contributed by atoms with Crippen molar-refractivity contribution < 1.29 is 9.84 Å². The first kappa shape index (κ1) is 13.2. The van der Waals surface area contributed by atoms with Gasteiger partial charge in [0.2, 0.25) is 5.95 Å². The number of aliphatic hydroxyl groups is 1. The number of hydrogen-bond acceptors (Lipinski definition) is 6. The molecule has 1 unspecified atom stereocenters. The molecule has 1 aliphatic heterocycles. The molecule has 2 heterocycles. The number of aryl methyl sites for hydroxylation is 2. The second-order valence-corrected chi connectivity index (χ2v) is 4.33. The summed E-state index contributed by atoms with van der Waals surface area (Å²) in [4.78, 5) is 6.59. The van der Waals surface area contributed by atoms with Gasteiger partial charge >= 0.3 is 0 Å². The lowest BCUT2D eigenvalue weighted by atomic mass is 10.2. The summed E-state index contributed by atoms with van der Waals surface area (Å²) in [5.74, 6) is 0.644. The standard InChI is InChI=1S/C12H20N4O2/c1-3-10-11(4-2)14-15-12(13-10)16-5-6-18-9(7-16)8-17/h9,17H,3-8H2,1-2H3. The summed E-state index contributed by atoms with van der Waals surface area (Å²) in [6.45, 7) is 6.10. The van der Waals surface area contributed by atoms with Gasteiger partial charge in [0.25, 0.3) is 0 Å². The van der Waals surface area contributed by atoms with Crippen LogP contribution in [-0.2, 0) is 17.6 Å². The van der Waals surface area contributed by atoms with E-state index in [1.165, 1.54) is 0 Å². The fourth-order valence-corrected chi connectivity index (χ4v) is 2.07. The lowest BCUT2D eigenvalue weighted by Gasteiger charge is -2.31. The molecule has 100 valence electrons. The fourth-order valence-electron chi connectivity index (χ4n) is 2.07. The first-order chi connectivity index (χ1) is 8.78. The van der Waals surface area contributed by atoms with Crippen molar-refractivity contribution in [1.82, 2.24) is 15.2 Å². The van der Waals surface area contributed by atoms with Gasteiger partial charge in [0, 0.05) is 13.1 Å². The molecule has 0 radical (unpaired) electrons. The molecule has 18 heavy (non-hydrogen) atoms. The quantitative estimate of drug-likeness (QED) is 0.825. The Hall–Kier alpha value is -1.27. The number of morpholine rings is 1. The van der Waals surface area contributed by atoms with Crippen molar-refractivity contribution >= 4 is 5.95 Å². The number of anilines is 1. The van der Waals surface area contributed by atoms with E-state index in [2.05, 4.69) is 29.0 Å². The van der Waals surface area contributed by atoms with E-state index in [0.29, 0.717) is 19.1 Å². The third kappa shape index (κ3) is 2.76. The number of aromatic nitrogens is 3. The molecule has 6 heteroatoms. The van der Waals surface area contributed by atoms with Crippen LogP contribution in [0, 0.1) is 0 Å². The minimum Gasteiger partial charge on any atom is -0.394 e. The molecule has 1 aromatic heterocycles. The van der Waals surface area contributed by atoms with Gasteiger partial charge in [-0.05, 0) is 12.8 Å². The maximum atomic E-state index is 9.13. The average molecular weight is 252 g/mol. The minimum absolute atomic E-state index is 0.0254. The Kier molecular flexibility index (Phi) is 4.43. The van der Waals surface area contributed by atoms with Gasteiger partial charge in [0.05, 0.1) is 30.7 Å². The lowest BCUT2D eigenvalue weighted by molar-refractivity contribution is 0.00308. The van der Waals surface area contributed by atoms with E-state index >= 15 is 0 Å². The largest absolute Gasteiger partial charge is 0.394 e. The molecule has 1 aromatic rings. The molecule has 1 N–H and O–H groups in total. The Morgan fingerprint density at radius 3 is 2.72 bits per heavy atom. The van der Waals surface area contributed by atoms with Gasteiger partial charge in [-0.25, -0.2) is 4.98 Å². The summed E-state index contributed by atoms with van der Waals surface area (Å²) in [6.07, 6.45) is 1.56. The van der Waals surface area contributed by atoms with Crippen LogP contribution in [0.2, 0.25) is 0 Å². The molecule has 0 amide bonds. The van der Waals surface area contributed by atoms with Gasteiger partial charge in [0.15, 0.2) is 0 Å². The number of nitrogens with zero attached hydrogens (tertiary/aromatic N) is 4. The van der Waals surface area contributed by atoms with E-state index in [9.17, 15) is 0 Å². The van der Waals surface area contributed by atoms with E-state index < -0.39 is 0 Å². The first-order valence-corrected chi connectivity index (χ1v) is 6.48. The Morgan fingerprint density at radius 2 is 2.06 bits per heavy atom. The topological polar surface area (TPSA) is 71.4 Å². The molecule has 1 atom stereocenters. The Bertz CT molecular complexity index is 400. The fraction of sp³-hybridized carbons (Fsp3) is 0.750. The Morgan fingerprint density at radius 1 is 1.28 bits per heavy atom. The molecule has 0 bridgehead atoms. The van der Waals surface area contributed by atoms with E-state index in [1.54, 1.807) is 0 Å². The zero-order valence-electron chi connectivity index (χ0n) is 11.0. The van der Waals surface area contributed by atoms with E-state index in [-0.39, 0.29) is 12.7 Å². The van der Waals surface area contributed by atoms with Gasteiger partial charge in [-0.2, -0.15) is 5.10 Å². The number of ether oxygens (including phenoxy) is 1. The smallest absolute Gasteiger partial charge is 0.245 e. The van der Waals surface area contributed by atoms with Crippen molar-refractivity contribution in [3.8, 4) is 0 Å². The Labute approximate surface area is 107 Å². The molecule has 1 fully saturated rings. The monoisotopic (exact) mass is 252 g/mol. The van der Waals surface area contributed by atoms with Crippen molar-refractivity contribution in [3.63, 3.8) is 0 Å². The zero-order valence-corrected chi connectivity index (χ0v) is 11.0. The van der Waals surface area contributed by atoms with Gasteiger partial charge in [-0.15, -0.1) is 5.10 Å². The third-order valence-corrected chi connectivity index (χ3v) is 3.12. The van der Waals surface area contributed by atoms with Crippen molar-refractivity contribution in [2.45, 2.75) is 32.8 Å². The molecule has 0 aliphatic carbocycles. The summed E-state index contributed by atoms with van der Waals surface area (Å²) in [5.41, 5.74) is 1.97. The second-order valence-electron chi connectivity index (χ2n) is 4.33. The summed E-state index contributed by atoms with van der Waals surface area (Å²) < 4.78 is 5.41. The van der Waals surface area contributed by atoms with Gasteiger partial charge in [-0.3, -0.25) is 0 Å². The Balaban J connectivity index is 2.17. The second kappa shape index (κ2) is 6.06. The molecule has 0 aromatic carbocycles. The van der Waals surface area contributed by atoms with Crippen LogP contribution in [0.25, 0.3) is 0 Å². The zero-order chi connectivity index (χ0) is 13.0. The molecule has 6 nitrogen and oxygen atoms in total. The van der Waals surface area contributed by atoms with Crippen LogP contribution in [0.5, 0.6) is 0 Å². The van der Waals surface area contributed by atoms with E-state index in [0.717, 1.165) is 30.8 Å². The van der Waals surface area contributed by atoms with Gasteiger partial charge in [-0.1, -0.05) is 13.8 Å². The third-order valence-electron chi connectivity index (χ3n) is 3.12. The molecular formula is C12H20N4O2. The van der Waals surface area contributed by atoms with E-state index in [1.807, 2.05) is 4.90 Å². The maximum absolute atomic E-state index is 9.13. The number of rotatable bonds is 4. The molecule has 1 saturated heterocycles. The van der Waals surface area contributed by atoms with Crippen LogP contribution in [0.1, 0.15) is 25.2 Å². The van der Waals surface area contributed by atoms with Crippen molar-refractivity contribution in [3.05, 3.63) is 11.4 Å². The van der Waals surface area contributed by atoms with Crippen LogP contribution in [-0.4, -0.2) is 52.7 Å². The van der Waals surface area contributed by atoms with Crippen LogP contribution >= 0.6 is 0 Å². The molecule has 2 rings (SSSR count). The minimum atomic E-state index is -0.154. The summed E-state index contributed by atoms with van der Waals surface area (Å²) in [5, 5.41) is 17.5. The van der Waals surface area contributed by atoms with Crippen LogP contribution in [0.3, 0.4) is 0 Å².